The van der Waals surface area contributed by atoms with Crippen LogP contribution in [0.4, 0.5) is 5.82 Å². The van der Waals surface area contributed by atoms with Gasteiger partial charge in [0.2, 0.25) is 11.0 Å². The molecule has 0 unspecified atom stereocenters. The molecule has 174 valence electrons. The lowest BCUT2D eigenvalue weighted by Gasteiger charge is -2.24. The van der Waals surface area contributed by atoms with Crippen molar-refractivity contribution in [1.82, 2.24) is 14.8 Å². The summed E-state index contributed by atoms with van der Waals surface area (Å²) < 4.78 is 14.4. The first-order valence-electron chi connectivity index (χ1n) is 11.3. The smallest absolute Gasteiger partial charge is 0.226 e. The number of carbonyl (C=O) groups is 1. The van der Waals surface area contributed by atoms with Crippen LogP contribution in [0.5, 0.6) is 11.5 Å². The molecule has 0 spiro atoms. The predicted molar refractivity (Wildman–Crippen MR) is 136 cm³/mol. The molecule has 8 heteroatoms. The third-order valence-corrected chi connectivity index (χ3v) is 7.12. The molecular formula is C27H22N4O3S. The third kappa shape index (κ3) is 4.02. The molecule has 7 nitrogen and oxygen atoms in total. The largest absolute Gasteiger partial charge is 0.493 e. The maximum absolute atomic E-state index is 12.7. The molecule has 1 N–H and O–H groups in total. The Morgan fingerprint density at radius 1 is 1.06 bits per heavy atom. The van der Waals surface area contributed by atoms with Gasteiger partial charge in [0, 0.05) is 17.9 Å². The van der Waals surface area contributed by atoms with Gasteiger partial charge < -0.3 is 14.8 Å². The van der Waals surface area contributed by atoms with Crippen LogP contribution in [0.3, 0.4) is 0 Å². The second-order valence-electron chi connectivity index (χ2n) is 8.31. The van der Waals surface area contributed by atoms with Crippen molar-refractivity contribution in [3.8, 4) is 16.6 Å². The van der Waals surface area contributed by atoms with Gasteiger partial charge in [-0.3, -0.25) is 4.79 Å². The molecule has 0 bridgehead atoms. The van der Waals surface area contributed by atoms with E-state index in [2.05, 4.69) is 10.4 Å². The number of hydrogen-bond donors (Lipinski definition) is 1. The van der Waals surface area contributed by atoms with E-state index in [0.717, 1.165) is 32.0 Å². The first-order valence-corrected chi connectivity index (χ1v) is 12.1. The number of hydrogen-bond acceptors (Lipinski definition) is 6. The van der Waals surface area contributed by atoms with Crippen molar-refractivity contribution in [2.24, 2.45) is 0 Å². The Hall–Kier alpha value is -4.17. The van der Waals surface area contributed by atoms with Gasteiger partial charge in [-0.15, -0.1) is 0 Å². The fourth-order valence-corrected chi connectivity index (χ4v) is 5.30. The van der Waals surface area contributed by atoms with E-state index in [0.29, 0.717) is 30.3 Å². The van der Waals surface area contributed by atoms with Crippen molar-refractivity contribution in [2.75, 3.05) is 12.4 Å². The Labute approximate surface area is 206 Å². The van der Waals surface area contributed by atoms with E-state index in [4.69, 9.17) is 14.5 Å². The standard InChI is InChI=1S/C27H22N4O3S/c1-33-23-13-18(11-12-22(23)34-16-17-7-3-2-4-8-17)19-14-25(32)30-26-20(19)15-28-31(26)27-29-21-9-5-6-10-24(21)35-27/h2-13,15,19H,14,16H2,1H3,(H,30,32)/t19-/m1/s1. The van der Waals surface area contributed by atoms with Gasteiger partial charge in [0.05, 0.1) is 23.5 Å². The quantitative estimate of drug-likeness (QED) is 0.344. The molecule has 1 atom stereocenters. The molecule has 0 saturated carbocycles. The number of fused-ring (bicyclic) bond motifs is 2. The minimum atomic E-state index is -0.154. The minimum absolute atomic E-state index is 0.0614. The SMILES string of the molecule is COc1cc([C@H]2CC(=O)Nc3c2cnn3-c2nc3ccccc3s2)ccc1OCc1ccccc1. The summed E-state index contributed by atoms with van der Waals surface area (Å²) in [7, 11) is 1.62. The van der Waals surface area contributed by atoms with E-state index in [1.807, 2.05) is 79.0 Å². The summed E-state index contributed by atoms with van der Waals surface area (Å²) in [6.07, 6.45) is 2.14. The monoisotopic (exact) mass is 482 g/mol. The molecular weight excluding hydrogens is 460 g/mol. The topological polar surface area (TPSA) is 78.3 Å². The summed E-state index contributed by atoms with van der Waals surface area (Å²) in [6.45, 7) is 0.446. The second-order valence-corrected chi connectivity index (χ2v) is 9.32. The first-order chi connectivity index (χ1) is 17.2. The van der Waals surface area contributed by atoms with E-state index in [9.17, 15) is 4.79 Å². The minimum Gasteiger partial charge on any atom is -0.493 e. The number of anilines is 1. The number of nitrogens with zero attached hydrogens (tertiary/aromatic N) is 3. The zero-order valence-corrected chi connectivity index (χ0v) is 19.8. The molecule has 6 rings (SSSR count). The van der Waals surface area contributed by atoms with Crippen molar-refractivity contribution in [3.05, 3.63) is 95.7 Å². The summed E-state index contributed by atoms with van der Waals surface area (Å²) in [6, 6.07) is 23.8. The number of aromatic nitrogens is 3. The number of thiazole rings is 1. The highest BCUT2D eigenvalue weighted by Crippen LogP contribution is 2.41. The summed E-state index contributed by atoms with van der Waals surface area (Å²) in [5, 5.41) is 8.31. The average molecular weight is 483 g/mol. The Morgan fingerprint density at radius 2 is 1.89 bits per heavy atom. The fourth-order valence-electron chi connectivity index (χ4n) is 4.37. The maximum atomic E-state index is 12.7. The summed E-state index contributed by atoms with van der Waals surface area (Å²) in [5.74, 6) is 1.73. The number of methoxy groups -OCH3 is 1. The van der Waals surface area contributed by atoms with Crippen LogP contribution < -0.4 is 14.8 Å². The number of ether oxygens (including phenoxy) is 2. The van der Waals surface area contributed by atoms with Crippen molar-refractivity contribution < 1.29 is 14.3 Å². The molecule has 1 aliphatic rings. The number of benzene rings is 3. The molecule has 0 radical (unpaired) electrons. The van der Waals surface area contributed by atoms with Gasteiger partial charge in [-0.05, 0) is 35.4 Å². The van der Waals surface area contributed by atoms with Crippen LogP contribution in [0.15, 0.2) is 79.0 Å². The molecule has 2 aromatic heterocycles. The van der Waals surface area contributed by atoms with Gasteiger partial charge in [0.1, 0.15) is 12.4 Å². The Balaban J connectivity index is 1.32. The van der Waals surface area contributed by atoms with Crippen LogP contribution in [0.1, 0.15) is 29.0 Å². The molecule has 3 aromatic carbocycles. The van der Waals surface area contributed by atoms with E-state index in [1.165, 1.54) is 11.3 Å². The van der Waals surface area contributed by atoms with E-state index in [-0.39, 0.29) is 11.8 Å². The van der Waals surface area contributed by atoms with Crippen LogP contribution in [-0.4, -0.2) is 27.8 Å². The van der Waals surface area contributed by atoms with E-state index < -0.39 is 0 Å². The van der Waals surface area contributed by atoms with Crippen LogP contribution in [-0.2, 0) is 11.4 Å². The lowest BCUT2D eigenvalue weighted by atomic mass is 9.87. The highest BCUT2D eigenvalue weighted by atomic mass is 32.1. The van der Waals surface area contributed by atoms with Gasteiger partial charge in [0.25, 0.3) is 0 Å². The number of carbonyl (C=O) groups excluding carboxylic acids is 1. The molecule has 0 fully saturated rings. The Kier molecular flexibility index (Phi) is 5.42. The van der Waals surface area contributed by atoms with Gasteiger partial charge in [-0.2, -0.15) is 9.78 Å². The van der Waals surface area contributed by atoms with Gasteiger partial charge in [0.15, 0.2) is 11.5 Å². The molecule has 0 aliphatic carbocycles. The van der Waals surface area contributed by atoms with E-state index >= 15 is 0 Å². The lowest BCUT2D eigenvalue weighted by Crippen LogP contribution is -2.24. The van der Waals surface area contributed by atoms with Crippen LogP contribution in [0.2, 0.25) is 0 Å². The van der Waals surface area contributed by atoms with Gasteiger partial charge >= 0.3 is 0 Å². The Bertz CT molecular complexity index is 1490. The molecule has 5 aromatic rings. The van der Waals surface area contributed by atoms with E-state index in [1.54, 1.807) is 11.8 Å². The number of para-hydroxylation sites is 1. The third-order valence-electron chi connectivity index (χ3n) is 6.11. The Morgan fingerprint density at radius 3 is 2.71 bits per heavy atom. The molecule has 0 saturated heterocycles. The lowest BCUT2D eigenvalue weighted by molar-refractivity contribution is -0.116. The van der Waals surface area contributed by atoms with Gasteiger partial charge in [-0.1, -0.05) is 59.9 Å². The van der Waals surface area contributed by atoms with Crippen molar-refractivity contribution in [2.45, 2.75) is 18.9 Å². The first kappa shape index (κ1) is 21.4. The van der Waals surface area contributed by atoms with Crippen molar-refractivity contribution >= 4 is 33.3 Å². The van der Waals surface area contributed by atoms with Crippen molar-refractivity contribution in [1.29, 1.82) is 0 Å². The highest BCUT2D eigenvalue weighted by Gasteiger charge is 2.31. The van der Waals surface area contributed by atoms with Crippen LogP contribution in [0, 0.1) is 0 Å². The zero-order valence-electron chi connectivity index (χ0n) is 19.0. The summed E-state index contributed by atoms with van der Waals surface area (Å²) in [5.41, 5.74) is 3.90. The highest BCUT2D eigenvalue weighted by molar-refractivity contribution is 7.20. The van der Waals surface area contributed by atoms with Crippen LogP contribution >= 0.6 is 11.3 Å². The van der Waals surface area contributed by atoms with Crippen molar-refractivity contribution in [3.63, 3.8) is 0 Å². The predicted octanol–water partition coefficient (Wildman–Crippen LogP) is 5.54. The normalized spacial score (nSPS) is 15.0. The summed E-state index contributed by atoms with van der Waals surface area (Å²) >= 11 is 1.54. The number of amides is 1. The average Bonchev–Trinajstić information content (AvgIpc) is 3.51. The number of nitrogens with one attached hydrogen (secondary N) is 1. The number of rotatable bonds is 6. The second kappa shape index (κ2) is 8.88. The molecule has 3 heterocycles. The zero-order chi connectivity index (χ0) is 23.8. The summed E-state index contributed by atoms with van der Waals surface area (Å²) in [4.78, 5) is 17.4. The van der Waals surface area contributed by atoms with Crippen LogP contribution in [0.25, 0.3) is 15.3 Å². The fraction of sp³-hybridized carbons (Fsp3) is 0.148. The maximum Gasteiger partial charge on any atom is 0.226 e. The van der Waals surface area contributed by atoms with Gasteiger partial charge in [-0.25, -0.2) is 4.98 Å². The molecule has 1 aliphatic heterocycles. The molecule has 1 amide bonds. The molecule has 35 heavy (non-hydrogen) atoms.